The highest BCUT2D eigenvalue weighted by Gasteiger charge is 2.24. The third-order valence-corrected chi connectivity index (χ3v) is 6.06. The van der Waals surface area contributed by atoms with Crippen molar-refractivity contribution in [1.29, 1.82) is 0 Å². The summed E-state index contributed by atoms with van der Waals surface area (Å²) >= 11 is 0. The minimum absolute atomic E-state index is 0.0493. The van der Waals surface area contributed by atoms with Crippen LogP contribution in [-0.4, -0.2) is 58.6 Å². The zero-order valence-electron chi connectivity index (χ0n) is 16.4. The molecular formula is C20H23N3O6S. The molecule has 0 atom stereocenters. The first-order valence-electron chi connectivity index (χ1n) is 9.15. The molecule has 4 N–H and O–H groups in total. The van der Waals surface area contributed by atoms with Crippen LogP contribution >= 0.6 is 0 Å². The summed E-state index contributed by atoms with van der Waals surface area (Å²) in [5.74, 6) is 1.57. The number of rotatable bonds is 7. The minimum atomic E-state index is -3.85. The maximum Gasteiger partial charge on any atom is 0.303 e. The predicted molar refractivity (Wildman–Crippen MR) is 114 cm³/mol. The third-order valence-electron chi connectivity index (χ3n) is 4.22. The number of fused-ring (bicyclic) bond motifs is 3. The SMILES string of the molecule is C#CCN(CCO)S(=O)(=O)c1ccc2[nH]c(=O)c3[nH]ccc3c2c1.CCCC(=O)O. The number of nitrogens with one attached hydrogen (secondary N) is 2. The lowest BCUT2D eigenvalue weighted by molar-refractivity contribution is -0.137. The molecular weight excluding hydrogens is 410 g/mol. The van der Waals surface area contributed by atoms with E-state index < -0.39 is 16.0 Å². The largest absolute Gasteiger partial charge is 0.481 e. The van der Waals surface area contributed by atoms with Crippen LogP contribution in [0.3, 0.4) is 0 Å². The number of carboxylic acid groups (broad SMARTS) is 1. The molecule has 160 valence electrons. The van der Waals surface area contributed by atoms with Crippen LogP contribution in [0, 0.1) is 12.3 Å². The molecule has 0 aliphatic carbocycles. The van der Waals surface area contributed by atoms with Crippen LogP contribution in [0.2, 0.25) is 0 Å². The topological polar surface area (TPSA) is 144 Å². The van der Waals surface area contributed by atoms with Crippen LogP contribution in [0.5, 0.6) is 0 Å². The summed E-state index contributed by atoms with van der Waals surface area (Å²) in [6.45, 7) is 1.29. The molecule has 0 spiro atoms. The Labute approximate surface area is 173 Å². The number of pyridine rings is 1. The Morgan fingerprint density at radius 1 is 1.27 bits per heavy atom. The van der Waals surface area contributed by atoms with E-state index >= 15 is 0 Å². The zero-order chi connectivity index (χ0) is 22.3. The van der Waals surface area contributed by atoms with Crippen LogP contribution in [0.25, 0.3) is 21.8 Å². The fourth-order valence-corrected chi connectivity index (χ4v) is 4.21. The van der Waals surface area contributed by atoms with E-state index in [1.165, 1.54) is 12.1 Å². The number of carbonyl (C=O) groups is 1. The minimum Gasteiger partial charge on any atom is -0.481 e. The van der Waals surface area contributed by atoms with Gasteiger partial charge in [-0.1, -0.05) is 12.8 Å². The standard InChI is InChI=1S/C16H15N3O4S.C4H8O2/c1-2-7-19(8-9-20)24(22,23)11-3-4-14-13(10-11)12-5-6-17-15(12)16(21)18-14;1-2-3-4(5)6/h1,3-6,10,17,20H,7-9H2,(H,18,21);2-3H2,1H3,(H,5,6). The molecule has 30 heavy (non-hydrogen) atoms. The molecule has 10 heteroatoms. The molecule has 0 saturated carbocycles. The second-order valence-electron chi connectivity index (χ2n) is 6.34. The number of carboxylic acids is 1. The van der Waals surface area contributed by atoms with E-state index in [1.54, 1.807) is 18.3 Å². The lowest BCUT2D eigenvalue weighted by atomic mass is 10.1. The number of H-pyrrole nitrogens is 2. The van der Waals surface area contributed by atoms with Gasteiger partial charge in [-0.3, -0.25) is 9.59 Å². The maximum absolute atomic E-state index is 12.7. The van der Waals surface area contributed by atoms with Gasteiger partial charge in [-0.05, 0) is 30.7 Å². The van der Waals surface area contributed by atoms with E-state index in [0.717, 1.165) is 10.7 Å². The Morgan fingerprint density at radius 2 is 2.00 bits per heavy atom. The van der Waals surface area contributed by atoms with E-state index in [2.05, 4.69) is 15.9 Å². The van der Waals surface area contributed by atoms with Crippen LogP contribution in [0.1, 0.15) is 19.8 Å². The molecule has 1 aromatic carbocycles. The van der Waals surface area contributed by atoms with Gasteiger partial charge in [0.25, 0.3) is 5.56 Å². The second kappa shape index (κ2) is 10.1. The molecule has 0 aliphatic rings. The van der Waals surface area contributed by atoms with Crippen molar-refractivity contribution >= 4 is 37.8 Å². The maximum atomic E-state index is 12.7. The number of aliphatic hydroxyl groups is 1. The molecule has 0 amide bonds. The van der Waals surface area contributed by atoms with Gasteiger partial charge in [0.1, 0.15) is 5.52 Å². The van der Waals surface area contributed by atoms with Crippen LogP contribution in [-0.2, 0) is 14.8 Å². The molecule has 0 radical (unpaired) electrons. The summed E-state index contributed by atoms with van der Waals surface area (Å²) < 4.78 is 26.5. The van der Waals surface area contributed by atoms with Crippen molar-refractivity contribution in [1.82, 2.24) is 14.3 Å². The van der Waals surface area contributed by atoms with Crippen molar-refractivity contribution in [3.8, 4) is 12.3 Å². The molecule has 2 heterocycles. The summed E-state index contributed by atoms with van der Waals surface area (Å²) in [7, 11) is -3.85. The van der Waals surface area contributed by atoms with Gasteiger partial charge >= 0.3 is 5.97 Å². The normalized spacial score (nSPS) is 11.3. The van der Waals surface area contributed by atoms with E-state index in [1.807, 2.05) is 6.92 Å². The van der Waals surface area contributed by atoms with Crippen molar-refractivity contribution in [2.75, 3.05) is 19.7 Å². The highest BCUT2D eigenvalue weighted by Crippen LogP contribution is 2.25. The van der Waals surface area contributed by atoms with Crippen LogP contribution < -0.4 is 5.56 Å². The molecule has 0 unspecified atom stereocenters. The van der Waals surface area contributed by atoms with Gasteiger partial charge in [-0.15, -0.1) is 6.42 Å². The summed E-state index contributed by atoms with van der Waals surface area (Å²) in [6, 6.07) is 6.17. The van der Waals surface area contributed by atoms with E-state index in [4.69, 9.17) is 16.6 Å². The Morgan fingerprint density at radius 3 is 2.57 bits per heavy atom. The summed E-state index contributed by atoms with van der Waals surface area (Å²) in [6.07, 6.45) is 7.87. The molecule has 3 rings (SSSR count). The molecule has 2 aromatic heterocycles. The van der Waals surface area contributed by atoms with Crippen molar-refractivity contribution in [2.45, 2.75) is 24.7 Å². The van der Waals surface area contributed by atoms with E-state index in [0.29, 0.717) is 28.2 Å². The van der Waals surface area contributed by atoms with Crippen molar-refractivity contribution in [3.05, 3.63) is 40.8 Å². The number of nitrogens with zero attached hydrogens (tertiary/aromatic N) is 1. The summed E-state index contributed by atoms with van der Waals surface area (Å²) in [4.78, 5) is 27.1. The predicted octanol–water partition coefficient (Wildman–Crippen LogP) is 1.50. The lowest BCUT2D eigenvalue weighted by Crippen LogP contribution is -2.34. The number of aliphatic carboxylic acids is 1. The molecule has 0 saturated heterocycles. The Hall–Kier alpha value is -3.13. The van der Waals surface area contributed by atoms with Gasteiger partial charge in [0.15, 0.2) is 0 Å². The van der Waals surface area contributed by atoms with Gasteiger partial charge in [0.2, 0.25) is 10.0 Å². The molecule has 0 fully saturated rings. The average molecular weight is 433 g/mol. The second-order valence-corrected chi connectivity index (χ2v) is 8.28. The number of hydrogen-bond donors (Lipinski definition) is 4. The fourth-order valence-electron chi connectivity index (χ4n) is 2.84. The third kappa shape index (κ3) is 5.07. The van der Waals surface area contributed by atoms with Crippen molar-refractivity contribution in [2.24, 2.45) is 0 Å². The first-order valence-corrected chi connectivity index (χ1v) is 10.6. The highest BCUT2D eigenvalue weighted by molar-refractivity contribution is 7.89. The van der Waals surface area contributed by atoms with Gasteiger partial charge in [0.05, 0.1) is 18.0 Å². The quantitative estimate of drug-likeness (QED) is 0.416. The van der Waals surface area contributed by atoms with Crippen LogP contribution in [0.15, 0.2) is 40.2 Å². The molecule has 3 aromatic rings. The highest BCUT2D eigenvalue weighted by atomic mass is 32.2. The van der Waals surface area contributed by atoms with Gasteiger partial charge < -0.3 is 20.2 Å². The Bertz CT molecular complexity index is 1240. The number of terminal acetylenes is 1. The zero-order valence-corrected chi connectivity index (χ0v) is 17.2. The average Bonchev–Trinajstić information content (AvgIpc) is 3.19. The fraction of sp³-hybridized carbons (Fsp3) is 0.300. The Balaban J connectivity index is 0.000000469. The number of aromatic nitrogens is 2. The number of aromatic amines is 2. The van der Waals surface area contributed by atoms with Gasteiger partial charge in [0, 0.05) is 35.5 Å². The molecule has 0 aliphatic heterocycles. The summed E-state index contributed by atoms with van der Waals surface area (Å²) in [5, 5.41) is 18.2. The monoisotopic (exact) mass is 433 g/mol. The number of benzene rings is 1. The first-order chi connectivity index (χ1) is 14.3. The number of hydrogen-bond acceptors (Lipinski definition) is 5. The molecule has 0 bridgehead atoms. The van der Waals surface area contributed by atoms with E-state index in [9.17, 15) is 18.0 Å². The van der Waals surface area contributed by atoms with Gasteiger partial charge in [-0.2, -0.15) is 4.31 Å². The van der Waals surface area contributed by atoms with Crippen molar-refractivity contribution < 1.29 is 23.4 Å². The first kappa shape index (κ1) is 23.2. The van der Waals surface area contributed by atoms with Crippen molar-refractivity contribution in [3.63, 3.8) is 0 Å². The smallest absolute Gasteiger partial charge is 0.303 e. The molecule has 9 nitrogen and oxygen atoms in total. The van der Waals surface area contributed by atoms with E-state index in [-0.39, 0.29) is 30.2 Å². The lowest BCUT2D eigenvalue weighted by Gasteiger charge is -2.19. The number of aliphatic hydroxyl groups excluding tert-OH is 1. The summed E-state index contributed by atoms with van der Waals surface area (Å²) in [5.41, 5.74) is 0.650. The van der Waals surface area contributed by atoms with Crippen LogP contribution in [0.4, 0.5) is 0 Å². The number of sulfonamides is 1. The Kier molecular flexibility index (Phi) is 7.77. The van der Waals surface area contributed by atoms with Gasteiger partial charge in [-0.25, -0.2) is 8.42 Å².